The number of furan rings is 1. The minimum atomic E-state index is 0.868. The number of hydrogen-bond acceptors (Lipinski definition) is 3. The topological polar surface area (TPSA) is 38.9 Å². The zero-order valence-electron chi connectivity index (χ0n) is 18.8. The van der Waals surface area contributed by atoms with Gasteiger partial charge in [-0.25, -0.2) is 4.98 Å². The standard InChI is InChI=1S/C32H20N2O/c1-2-10-25-21(7-1)14-16-26-27-20-23(15-17-31(27)35-32(25)26)22-8-5-9-24(19-22)28-12-6-13-30(34-28)29-11-3-4-18-33-29/h1-20H. The zero-order valence-corrected chi connectivity index (χ0v) is 18.8. The van der Waals surface area contributed by atoms with Crippen LogP contribution in [0.4, 0.5) is 0 Å². The van der Waals surface area contributed by atoms with Crippen LogP contribution in [0.1, 0.15) is 0 Å². The summed E-state index contributed by atoms with van der Waals surface area (Å²) in [5.41, 5.74) is 7.88. The fraction of sp³-hybridized carbons (Fsp3) is 0. The van der Waals surface area contributed by atoms with E-state index in [4.69, 9.17) is 9.40 Å². The van der Waals surface area contributed by atoms with Crippen molar-refractivity contribution in [1.82, 2.24) is 9.97 Å². The zero-order chi connectivity index (χ0) is 23.2. The molecule has 7 rings (SSSR count). The van der Waals surface area contributed by atoms with E-state index >= 15 is 0 Å². The monoisotopic (exact) mass is 448 g/mol. The second-order valence-electron chi connectivity index (χ2n) is 8.68. The maximum atomic E-state index is 6.29. The molecule has 3 heterocycles. The van der Waals surface area contributed by atoms with Gasteiger partial charge in [0.1, 0.15) is 11.2 Å². The van der Waals surface area contributed by atoms with E-state index in [9.17, 15) is 0 Å². The molecule has 0 N–H and O–H groups in total. The van der Waals surface area contributed by atoms with Crippen LogP contribution in [-0.2, 0) is 0 Å². The van der Waals surface area contributed by atoms with Crippen molar-refractivity contribution in [3.63, 3.8) is 0 Å². The van der Waals surface area contributed by atoms with E-state index in [1.807, 2.05) is 36.4 Å². The highest BCUT2D eigenvalue weighted by Gasteiger charge is 2.12. The Morgan fingerprint density at radius 1 is 0.486 bits per heavy atom. The Morgan fingerprint density at radius 3 is 2.23 bits per heavy atom. The van der Waals surface area contributed by atoms with Gasteiger partial charge in [-0.05, 0) is 65.0 Å². The predicted octanol–water partition coefficient (Wildman–Crippen LogP) is 8.53. The molecule has 0 spiro atoms. The Balaban J connectivity index is 1.33. The molecule has 0 atom stereocenters. The van der Waals surface area contributed by atoms with E-state index in [1.165, 1.54) is 5.39 Å². The van der Waals surface area contributed by atoms with Gasteiger partial charge >= 0.3 is 0 Å². The lowest BCUT2D eigenvalue weighted by Gasteiger charge is -2.07. The van der Waals surface area contributed by atoms with E-state index in [0.717, 1.165) is 61.1 Å². The van der Waals surface area contributed by atoms with Crippen molar-refractivity contribution in [2.75, 3.05) is 0 Å². The van der Waals surface area contributed by atoms with Crippen molar-refractivity contribution in [2.45, 2.75) is 0 Å². The van der Waals surface area contributed by atoms with Crippen molar-refractivity contribution in [1.29, 1.82) is 0 Å². The van der Waals surface area contributed by atoms with Crippen LogP contribution in [0.2, 0.25) is 0 Å². The molecule has 164 valence electrons. The second-order valence-corrected chi connectivity index (χ2v) is 8.68. The van der Waals surface area contributed by atoms with Crippen molar-refractivity contribution >= 4 is 32.7 Å². The second kappa shape index (κ2) is 7.93. The lowest BCUT2D eigenvalue weighted by Crippen LogP contribution is -1.90. The largest absolute Gasteiger partial charge is 0.455 e. The molecule has 0 saturated heterocycles. The molecule has 0 aliphatic rings. The number of aromatic nitrogens is 2. The number of nitrogens with zero attached hydrogens (tertiary/aromatic N) is 2. The Bertz CT molecular complexity index is 1850. The Labute approximate surface area is 202 Å². The molecule has 0 radical (unpaired) electrons. The van der Waals surface area contributed by atoms with Crippen LogP contribution in [0.15, 0.2) is 126 Å². The van der Waals surface area contributed by atoms with Gasteiger partial charge < -0.3 is 4.42 Å². The first-order valence-electron chi connectivity index (χ1n) is 11.7. The van der Waals surface area contributed by atoms with Gasteiger partial charge in [0.25, 0.3) is 0 Å². The minimum absolute atomic E-state index is 0.868. The number of pyridine rings is 2. The molecule has 0 unspecified atom stereocenters. The quantitative estimate of drug-likeness (QED) is 0.272. The molecule has 3 nitrogen and oxygen atoms in total. The fourth-order valence-corrected chi connectivity index (χ4v) is 4.79. The first-order chi connectivity index (χ1) is 17.3. The molecule has 4 aromatic carbocycles. The van der Waals surface area contributed by atoms with Crippen molar-refractivity contribution < 1.29 is 4.42 Å². The summed E-state index contributed by atoms with van der Waals surface area (Å²) in [5, 5.41) is 4.60. The van der Waals surface area contributed by atoms with Gasteiger partial charge in [0.2, 0.25) is 0 Å². The Morgan fingerprint density at radius 2 is 1.29 bits per heavy atom. The molecule has 0 amide bonds. The average Bonchev–Trinajstić information content (AvgIpc) is 3.32. The lowest BCUT2D eigenvalue weighted by molar-refractivity contribution is 0.672. The third-order valence-electron chi connectivity index (χ3n) is 6.53. The van der Waals surface area contributed by atoms with Crippen LogP contribution >= 0.6 is 0 Å². The van der Waals surface area contributed by atoms with Crippen LogP contribution < -0.4 is 0 Å². The number of fused-ring (bicyclic) bond motifs is 5. The fourth-order valence-electron chi connectivity index (χ4n) is 4.79. The van der Waals surface area contributed by atoms with Gasteiger partial charge in [0.05, 0.1) is 17.1 Å². The van der Waals surface area contributed by atoms with Gasteiger partial charge in [0.15, 0.2) is 0 Å². The van der Waals surface area contributed by atoms with Crippen molar-refractivity contribution in [3.05, 3.63) is 121 Å². The molecule has 35 heavy (non-hydrogen) atoms. The maximum absolute atomic E-state index is 6.29. The molecule has 0 saturated carbocycles. The van der Waals surface area contributed by atoms with Gasteiger partial charge in [-0.15, -0.1) is 0 Å². The first-order valence-corrected chi connectivity index (χ1v) is 11.7. The van der Waals surface area contributed by atoms with Crippen LogP contribution in [0, 0.1) is 0 Å². The predicted molar refractivity (Wildman–Crippen MR) is 143 cm³/mol. The van der Waals surface area contributed by atoms with Crippen LogP contribution in [0.3, 0.4) is 0 Å². The summed E-state index contributed by atoms with van der Waals surface area (Å²) in [6.45, 7) is 0. The Hall–Kier alpha value is -4.76. The summed E-state index contributed by atoms with van der Waals surface area (Å²) in [7, 11) is 0. The van der Waals surface area contributed by atoms with Gasteiger partial charge in [-0.2, -0.15) is 0 Å². The highest BCUT2D eigenvalue weighted by Crippen LogP contribution is 2.36. The van der Waals surface area contributed by atoms with Crippen molar-refractivity contribution in [3.8, 4) is 33.8 Å². The van der Waals surface area contributed by atoms with Crippen LogP contribution in [-0.4, -0.2) is 9.97 Å². The summed E-state index contributed by atoms with van der Waals surface area (Å²) >= 11 is 0. The molecule has 0 bridgehead atoms. The number of hydrogen-bond donors (Lipinski definition) is 0. The van der Waals surface area contributed by atoms with Crippen LogP contribution in [0.5, 0.6) is 0 Å². The van der Waals surface area contributed by atoms with Gasteiger partial charge in [-0.3, -0.25) is 4.98 Å². The third-order valence-corrected chi connectivity index (χ3v) is 6.53. The molecule has 3 aromatic heterocycles. The highest BCUT2D eigenvalue weighted by molar-refractivity contribution is 6.15. The maximum Gasteiger partial charge on any atom is 0.143 e. The summed E-state index contributed by atoms with van der Waals surface area (Å²) < 4.78 is 6.29. The average molecular weight is 449 g/mol. The SMILES string of the molecule is c1ccc(-c2cccc(-c3cccc(-c4ccc5oc6c7ccccc7ccc6c5c4)c3)n2)nc1. The smallest absolute Gasteiger partial charge is 0.143 e. The lowest BCUT2D eigenvalue weighted by atomic mass is 9.99. The summed E-state index contributed by atoms with van der Waals surface area (Å²) in [6, 6.07) is 39.6. The molecule has 3 heteroatoms. The number of benzene rings is 4. The van der Waals surface area contributed by atoms with E-state index in [0.29, 0.717) is 0 Å². The molecule has 0 aliphatic heterocycles. The van der Waals surface area contributed by atoms with Gasteiger partial charge in [-0.1, -0.05) is 66.7 Å². The summed E-state index contributed by atoms with van der Waals surface area (Å²) in [4.78, 5) is 9.33. The third kappa shape index (κ3) is 3.37. The van der Waals surface area contributed by atoms with Crippen LogP contribution in [0.25, 0.3) is 66.5 Å². The highest BCUT2D eigenvalue weighted by atomic mass is 16.3. The molecule has 0 fully saturated rings. The van der Waals surface area contributed by atoms with E-state index in [2.05, 4.69) is 83.8 Å². The van der Waals surface area contributed by atoms with Crippen molar-refractivity contribution in [2.24, 2.45) is 0 Å². The molecule has 7 aromatic rings. The summed E-state index contributed by atoms with van der Waals surface area (Å²) in [6.07, 6.45) is 1.79. The number of rotatable bonds is 3. The Kier molecular flexibility index (Phi) is 4.46. The molecular weight excluding hydrogens is 428 g/mol. The molecular formula is C32H20N2O. The normalized spacial score (nSPS) is 11.4. The minimum Gasteiger partial charge on any atom is -0.455 e. The van der Waals surface area contributed by atoms with E-state index < -0.39 is 0 Å². The van der Waals surface area contributed by atoms with E-state index in [-0.39, 0.29) is 0 Å². The van der Waals surface area contributed by atoms with Gasteiger partial charge in [0, 0.05) is 27.9 Å². The first kappa shape index (κ1) is 19.7. The molecule has 0 aliphatic carbocycles. The summed E-state index contributed by atoms with van der Waals surface area (Å²) in [5.74, 6) is 0. The van der Waals surface area contributed by atoms with E-state index in [1.54, 1.807) is 6.20 Å².